The first kappa shape index (κ1) is 11.3. The summed E-state index contributed by atoms with van der Waals surface area (Å²) in [6, 6.07) is 6.68. The van der Waals surface area contributed by atoms with E-state index < -0.39 is 11.6 Å². The molecule has 1 heterocycles. The molecular formula is C11H14O5. The summed E-state index contributed by atoms with van der Waals surface area (Å²) < 4.78 is 14.8. The zero-order valence-electron chi connectivity index (χ0n) is 9.14. The van der Waals surface area contributed by atoms with E-state index in [1.807, 2.05) is 0 Å². The first-order chi connectivity index (χ1) is 7.49. The van der Waals surface area contributed by atoms with Gasteiger partial charge in [-0.05, 0) is 19.1 Å². The lowest BCUT2D eigenvalue weighted by atomic mass is 10.1. The monoisotopic (exact) mass is 226 g/mol. The van der Waals surface area contributed by atoms with Crippen LogP contribution in [-0.4, -0.2) is 29.9 Å². The molecule has 0 aromatic heterocycles. The van der Waals surface area contributed by atoms with Gasteiger partial charge in [0.2, 0.25) is 5.79 Å². The van der Waals surface area contributed by atoms with Gasteiger partial charge in [0.25, 0.3) is 5.79 Å². The van der Waals surface area contributed by atoms with Crippen LogP contribution in [0.5, 0.6) is 5.75 Å². The summed E-state index contributed by atoms with van der Waals surface area (Å²) in [5.41, 5.74) is 0.450. The number of rotatable bonds is 4. The van der Waals surface area contributed by atoms with E-state index in [0.29, 0.717) is 11.3 Å². The fourth-order valence-electron chi connectivity index (χ4n) is 1.51. The molecule has 1 aliphatic heterocycles. The highest BCUT2D eigenvalue weighted by atomic mass is 16.8. The number of epoxide rings is 1. The molecule has 1 aromatic carbocycles. The highest BCUT2D eigenvalue weighted by Crippen LogP contribution is 2.51. The van der Waals surface area contributed by atoms with Crippen molar-refractivity contribution in [2.24, 2.45) is 0 Å². The zero-order valence-corrected chi connectivity index (χ0v) is 9.14. The van der Waals surface area contributed by atoms with Gasteiger partial charge >= 0.3 is 0 Å². The lowest BCUT2D eigenvalue weighted by molar-refractivity contribution is 0.0239. The highest BCUT2D eigenvalue weighted by molar-refractivity contribution is 5.34. The van der Waals surface area contributed by atoms with Gasteiger partial charge in [0.05, 0.1) is 0 Å². The van der Waals surface area contributed by atoms with Crippen molar-refractivity contribution in [1.82, 2.24) is 0 Å². The second-order valence-corrected chi connectivity index (χ2v) is 3.81. The van der Waals surface area contributed by atoms with Gasteiger partial charge in [0, 0.05) is 12.7 Å². The smallest absolute Gasteiger partial charge is 0.251 e. The summed E-state index contributed by atoms with van der Waals surface area (Å²) >= 11 is 0. The van der Waals surface area contributed by atoms with Crippen LogP contribution in [0.4, 0.5) is 0 Å². The Morgan fingerprint density at radius 1 is 1.38 bits per heavy atom. The van der Waals surface area contributed by atoms with Gasteiger partial charge in [-0.3, -0.25) is 0 Å². The number of ether oxygens (including phenoxy) is 3. The average molecular weight is 226 g/mol. The molecule has 2 rings (SSSR count). The van der Waals surface area contributed by atoms with E-state index in [0.717, 1.165) is 0 Å². The normalized spacial score (nSPS) is 32.5. The fraction of sp³-hybridized carbons (Fsp3) is 0.455. The third-order valence-electron chi connectivity index (χ3n) is 2.50. The zero-order chi connectivity index (χ0) is 11.8. The van der Waals surface area contributed by atoms with Gasteiger partial charge in [-0.25, -0.2) is 0 Å². The Morgan fingerprint density at radius 3 is 2.62 bits per heavy atom. The summed E-state index contributed by atoms with van der Waals surface area (Å²) in [6.07, 6.45) is 0. The van der Waals surface area contributed by atoms with Crippen molar-refractivity contribution in [2.75, 3.05) is 13.9 Å². The maximum absolute atomic E-state index is 9.92. The van der Waals surface area contributed by atoms with Crippen LogP contribution in [0.25, 0.3) is 0 Å². The van der Waals surface area contributed by atoms with E-state index in [9.17, 15) is 10.2 Å². The standard InChI is InChI=1S/C11H14O5/c1-10(12)11(13,16-10)8-4-3-5-9(6-8)15-7-14-2/h3-6,12-13H,7H2,1-2H3/t10-,11-/m1/s1. The number of hydrogen-bond donors (Lipinski definition) is 2. The van der Waals surface area contributed by atoms with E-state index in [1.54, 1.807) is 24.3 Å². The molecule has 88 valence electrons. The molecule has 1 aliphatic rings. The molecule has 16 heavy (non-hydrogen) atoms. The molecule has 1 aromatic rings. The fourth-order valence-corrected chi connectivity index (χ4v) is 1.51. The van der Waals surface area contributed by atoms with Crippen LogP contribution in [0, 0.1) is 0 Å². The summed E-state index contributed by atoms with van der Waals surface area (Å²) in [7, 11) is 1.52. The first-order valence-corrected chi connectivity index (χ1v) is 4.87. The Bertz CT molecular complexity index is 390. The van der Waals surface area contributed by atoms with Crippen LogP contribution in [0.15, 0.2) is 24.3 Å². The van der Waals surface area contributed by atoms with Crippen molar-refractivity contribution in [3.05, 3.63) is 29.8 Å². The Hall–Kier alpha value is -1.14. The molecule has 0 aliphatic carbocycles. The van der Waals surface area contributed by atoms with E-state index >= 15 is 0 Å². The largest absolute Gasteiger partial charge is 0.468 e. The molecule has 2 N–H and O–H groups in total. The Kier molecular flexibility index (Phi) is 2.63. The minimum Gasteiger partial charge on any atom is -0.468 e. The van der Waals surface area contributed by atoms with Gasteiger partial charge in [-0.2, -0.15) is 0 Å². The van der Waals surface area contributed by atoms with Crippen molar-refractivity contribution in [3.63, 3.8) is 0 Å². The van der Waals surface area contributed by atoms with Crippen LogP contribution in [0.1, 0.15) is 12.5 Å². The lowest BCUT2D eigenvalue weighted by Crippen LogP contribution is -2.20. The van der Waals surface area contributed by atoms with Crippen molar-refractivity contribution >= 4 is 0 Å². The molecule has 0 unspecified atom stereocenters. The lowest BCUT2D eigenvalue weighted by Gasteiger charge is -2.10. The van der Waals surface area contributed by atoms with Crippen molar-refractivity contribution in [2.45, 2.75) is 18.5 Å². The molecule has 0 radical (unpaired) electrons. The van der Waals surface area contributed by atoms with Crippen LogP contribution < -0.4 is 4.74 Å². The second kappa shape index (κ2) is 3.71. The molecule has 5 heteroatoms. The maximum atomic E-state index is 9.92. The Morgan fingerprint density at radius 2 is 2.06 bits per heavy atom. The minimum absolute atomic E-state index is 0.124. The number of methoxy groups -OCH3 is 1. The summed E-state index contributed by atoms with van der Waals surface area (Å²) in [5, 5.41) is 19.5. The van der Waals surface area contributed by atoms with E-state index in [2.05, 4.69) is 0 Å². The van der Waals surface area contributed by atoms with E-state index in [4.69, 9.17) is 14.2 Å². The maximum Gasteiger partial charge on any atom is 0.251 e. The van der Waals surface area contributed by atoms with Gasteiger partial charge < -0.3 is 24.4 Å². The van der Waals surface area contributed by atoms with Crippen LogP contribution in [0.3, 0.4) is 0 Å². The van der Waals surface area contributed by atoms with Crippen molar-refractivity contribution in [3.8, 4) is 5.75 Å². The number of benzene rings is 1. The van der Waals surface area contributed by atoms with Crippen LogP contribution in [-0.2, 0) is 15.3 Å². The molecule has 0 spiro atoms. The van der Waals surface area contributed by atoms with Crippen LogP contribution >= 0.6 is 0 Å². The topological polar surface area (TPSA) is 71.5 Å². The SMILES string of the molecule is COCOc1cccc([C@@]2(O)O[C@@]2(C)O)c1. The van der Waals surface area contributed by atoms with Gasteiger partial charge in [0.15, 0.2) is 6.79 Å². The molecule has 2 atom stereocenters. The van der Waals surface area contributed by atoms with Crippen molar-refractivity contribution in [1.29, 1.82) is 0 Å². The van der Waals surface area contributed by atoms with Gasteiger partial charge in [0.1, 0.15) is 5.75 Å². The predicted molar refractivity (Wildman–Crippen MR) is 54.6 cm³/mol. The quantitative estimate of drug-likeness (QED) is 0.579. The number of aliphatic hydroxyl groups is 2. The molecule has 0 saturated carbocycles. The van der Waals surface area contributed by atoms with Gasteiger partial charge in [-0.1, -0.05) is 12.1 Å². The van der Waals surface area contributed by atoms with Crippen LogP contribution in [0.2, 0.25) is 0 Å². The summed E-state index contributed by atoms with van der Waals surface area (Å²) in [4.78, 5) is 0. The highest BCUT2D eigenvalue weighted by Gasteiger charge is 2.67. The molecule has 1 fully saturated rings. The van der Waals surface area contributed by atoms with E-state index in [1.165, 1.54) is 14.0 Å². The Balaban J connectivity index is 2.17. The first-order valence-electron chi connectivity index (χ1n) is 4.87. The summed E-state index contributed by atoms with van der Waals surface area (Å²) in [5.74, 6) is -2.63. The van der Waals surface area contributed by atoms with Crippen molar-refractivity contribution < 1.29 is 24.4 Å². The summed E-state index contributed by atoms with van der Waals surface area (Å²) in [6.45, 7) is 1.52. The predicted octanol–water partition coefficient (Wildman–Crippen LogP) is 0.553. The molecule has 5 nitrogen and oxygen atoms in total. The molecule has 1 saturated heterocycles. The van der Waals surface area contributed by atoms with Gasteiger partial charge in [-0.15, -0.1) is 0 Å². The second-order valence-electron chi connectivity index (χ2n) is 3.81. The third-order valence-corrected chi connectivity index (χ3v) is 2.50. The average Bonchev–Trinajstić information content (AvgIpc) is 2.77. The minimum atomic E-state index is -1.64. The molecular weight excluding hydrogens is 212 g/mol. The van der Waals surface area contributed by atoms with E-state index in [-0.39, 0.29) is 6.79 Å². The Labute approximate surface area is 93.2 Å². The third kappa shape index (κ3) is 1.78. The number of hydrogen-bond acceptors (Lipinski definition) is 5. The molecule has 0 bridgehead atoms. The molecule has 0 amide bonds.